The van der Waals surface area contributed by atoms with Gasteiger partial charge in [-0.1, -0.05) is 26.0 Å². The number of carbonyl (C=O) groups is 1. The Balaban J connectivity index is 2.20. The highest BCUT2D eigenvalue weighted by molar-refractivity contribution is 5.78. The van der Waals surface area contributed by atoms with Gasteiger partial charge in [-0.2, -0.15) is 0 Å². The number of hydrogen-bond acceptors (Lipinski definition) is 3. The third kappa shape index (κ3) is 3.44. The van der Waals surface area contributed by atoms with Gasteiger partial charge in [0.25, 0.3) is 5.56 Å². The number of aromatic amines is 1. The number of rotatable bonds is 6. The smallest absolute Gasteiger partial charge is 0.328 e. The van der Waals surface area contributed by atoms with E-state index in [1.807, 2.05) is 13.8 Å². The van der Waals surface area contributed by atoms with Crippen LogP contribution in [0.1, 0.15) is 33.1 Å². The predicted octanol–water partition coefficient (Wildman–Crippen LogP) is 1.38. The Labute approximate surface area is 128 Å². The van der Waals surface area contributed by atoms with E-state index in [9.17, 15) is 14.4 Å². The molecule has 0 spiro atoms. The van der Waals surface area contributed by atoms with E-state index in [4.69, 9.17) is 0 Å². The van der Waals surface area contributed by atoms with Crippen molar-refractivity contribution < 1.29 is 4.79 Å². The summed E-state index contributed by atoms with van der Waals surface area (Å²) < 4.78 is 1.43. The number of nitrogens with one attached hydrogen (secondary N) is 2. The van der Waals surface area contributed by atoms with Gasteiger partial charge < -0.3 is 5.32 Å². The van der Waals surface area contributed by atoms with Crippen molar-refractivity contribution >= 4 is 16.8 Å². The molecule has 0 aliphatic carbocycles. The van der Waals surface area contributed by atoms with Gasteiger partial charge in [0.1, 0.15) is 0 Å². The highest BCUT2D eigenvalue weighted by atomic mass is 16.2. The highest BCUT2D eigenvalue weighted by Crippen LogP contribution is 2.07. The summed E-state index contributed by atoms with van der Waals surface area (Å²) in [6.07, 6.45) is 1.96. The first-order valence-corrected chi connectivity index (χ1v) is 7.58. The van der Waals surface area contributed by atoms with E-state index in [0.29, 0.717) is 10.9 Å². The maximum atomic E-state index is 12.0. The van der Waals surface area contributed by atoms with Crippen molar-refractivity contribution in [2.24, 2.45) is 0 Å². The van der Waals surface area contributed by atoms with E-state index < -0.39 is 11.2 Å². The number of amides is 1. The number of para-hydroxylation sites is 1. The van der Waals surface area contributed by atoms with Gasteiger partial charge in [0.15, 0.2) is 0 Å². The molecule has 1 aromatic heterocycles. The number of hydrogen-bond donors (Lipinski definition) is 2. The van der Waals surface area contributed by atoms with E-state index in [2.05, 4.69) is 10.3 Å². The summed E-state index contributed by atoms with van der Waals surface area (Å²) in [6, 6.07) is 7.05. The first-order valence-electron chi connectivity index (χ1n) is 7.58. The van der Waals surface area contributed by atoms with Crippen LogP contribution in [0.15, 0.2) is 33.9 Å². The Hall–Kier alpha value is -2.37. The average molecular weight is 303 g/mol. The molecule has 6 nitrogen and oxygen atoms in total. The van der Waals surface area contributed by atoms with E-state index in [1.54, 1.807) is 24.3 Å². The van der Waals surface area contributed by atoms with E-state index in [0.717, 1.165) is 12.8 Å². The second kappa shape index (κ2) is 7.06. The van der Waals surface area contributed by atoms with Crippen LogP contribution in [0.3, 0.4) is 0 Å². The molecule has 2 N–H and O–H groups in total. The Bertz CT molecular complexity index is 772. The van der Waals surface area contributed by atoms with Crippen LogP contribution in [-0.2, 0) is 11.3 Å². The fourth-order valence-corrected chi connectivity index (χ4v) is 2.47. The van der Waals surface area contributed by atoms with Crippen LogP contribution in [-0.4, -0.2) is 21.5 Å². The number of aryl methyl sites for hydroxylation is 1. The first kappa shape index (κ1) is 16.0. The summed E-state index contributed by atoms with van der Waals surface area (Å²) in [5.74, 6) is -0.0871. The summed E-state index contributed by atoms with van der Waals surface area (Å²) in [7, 11) is 0. The van der Waals surface area contributed by atoms with Crippen molar-refractivity contribution in [1.82, 2.24) is 14.9 Å². The monoisotopic (exact) mass is 303 g/mol. The summed E-state index contributed by atoms with van der Waals surface area (Å²) in [5, 5.41) is 3.39. The Kier molecular flexibility index (Phi) is 5.14. The van der Waals surface area contributed by atoms with Crippen molar-refractivity contribution in [2.75, 3.05) is 0 Å². The Morgan fingerprint density at radius 2 is 1.91 bits per heavy atom. The van der Waals surface area contributed by atoms with Crippen molar-refractivity contribution in [3.8, 4) is 0 Å². The van der Waals surface area contributed by atoms with Gasteiger partial charge in [0, 0.05) is 19.0 Å². The van der Waals surface area contributed by atoms with Crippen LogP contribution in [0.25, 0.3) is 10.9 Å². The molecule has 0 unspecified atom stereocenters. The fraction of sp³-hybridized carbons (Fsp3) is 0.438. The summed E-state index contributed by atoms with van der Waals surface area (Å²) >= 11 is 0. The molecule has 0 fully saturated rings. The molecule has 22 heavy (non-hydrogen) atoms. The van der Waals surface area contributed by atoms with Crippen molar-refractivity contribution in [1.29, 1.82) is 0 Å². The third-order valence-electron chi connectivity index (χ3n) is 3.82. The third-order valence-corrected chi connectivity index (χ3v) is 3.82. The maximum absolute atomic E-state index is 12.0. The largest absolute Gasteiger partial charge is 0.353 e. The normalized spacial score (nSPS) is 11.0. The second-order valence-electron chi connectivity index (χ2n) is 5.26. The molecule has 6 heteroatoms. The topological polar surface area (TPSA) is 84.0 Å². The molecule has 2 aromatic rings. The molecule has 0 bridgehead atoms. The van der Waals surface area contributed by atoms with Gasteiger partial charge in [0.2, 0.25) is 5.91 Å². The molecule has 0 aliphatic rings. The molecule has 0 saturated carbocycles. The molecule has 0 saturated heterocycles. The lowest BCUT2D eigenvalue weighted by molar-refractivity contribution is -0.122. The van der Waals surface area contributed by atoms with Crippen LogP contribution in [0, 0.1) is 0 Å². The number of aromatic nitrogens is 2. The van der Waals surface area contributed by atoms with E-state index >= 15 is 0 Å². The zero-order valence-electron chi connectivity index (χ0n) is 12.9. The standard InChI is InChI=1S/C16H21N3O3/c1-3-11(4-2)17-14(20)9-10-19-13-8-6-5-7-12(13)15(21)18-16(19)22/h5-8,11H,3-4,9-10H2,1-2H3,(H,17,20)(H,18,21,22). The number of nitrogens with zero attached hydrogens (tertiary/aromatic N) is 1. The minimum absolute atomic E-state index is 0.0871. The second-order valence-corrected chi connectivity index (χ2v) is 5.26. The Morgan fingerprint density at radius 3 is 2.59 bits per heavy atom. The fourth-order valence-electron chi connectivity index (χ4n) is 2.47. The zero-order chi connectivity index (χ0) is 16.1. The van der Waals surface area contributed by atoms with Crippen LogP contribution in [0.5, 0.6) is 0 Å². The number of fused-ring (bicyclic) bond motifs is 1. The van der Waals surface area contributed by atoms with Gasteiger partial charge in [-0.25, -0.2) is 4.79 Å². The van der Waals surface area contributed by atoms with Gasteiger partial charge in [-0.3, -0.25) is 19.1 Å². The van der Waals surface area contributed by atoms with Crippen LogP contribution < -0.4 is 16.6 Å². The van der Waals surface area contributed by atoms with Crippen LogP contribution in [0.2, 0.25) is 0 Å². The van der Waals surface area contributed by atoms with Crippen molar-refractivity contribution in [2.45, 2.75) is 45.7 Å². The van der Waals surface area contributed by atoms with Crippen LogP contribution in [0.4, 0.5) is 0 Å². The molecule has 0 atom stereocenters. The molecule has 2 rings (SSSR count). The minimum atomic E-state index is -0.487. The first-order chi connectivity index (χ1) is 10.6. The minimum Gasteiger partial charge on any atom is -0.353 e. The average Bonchev–Trinajstić information content (AvgIpc) is 2.52. The van der Waals surface area contributed by atoms with Gasteiger partial charge in [-0.05, 0) is 25.0 Å². The van der Waals surface area contributed by atoms with Gasteiger partial charge in [-0.15, -0.1) is 0 Å². The summed E-state index contributed by atoms with van der Waals surface area (Å²) in [6.45, 7) is 4.28. The van der Waals surface area contributed by atoms with Crippen LogP contribution >= 0.6 is 0 Å². The van der Waals surface area contributed by atoms with Gasteiger partial charge >= 0.3 is 5.69 Å². The predicted molar refractivity (Wildman–Crippen MR) is 86.0 cm³/mol. The highest BCUT2D eigenvalue weighted by Gasteiger charge is 2.11. The molecule has 0 radical (unpaired) electrons. The number of benzene rings is 1. The zero-order valence-corrected chi connectivity index (χ0v) is 12.9. The van der Waals surface area contributed by atoms with Gasteiger partial charge in [0.05, 0.1) is 10.9 Å². The lowest BCUT2D eigenvalue weighted by Crippen LogP contribution is -2.36. The van der Waals surface area contributed by atoms with E-state index in [1.165, 1.54) is 4.57 Å². The molecule has 118 valence electrons. The summed E-state index contributed by atoms with van der Waals surface area (Å²) in [5.41, 5.74) is -0.344. The molecule has 1 amide bonds. The van der Waals surface area contributed by atoms with E-state index in [-0.39, 0.29) is 24.9 Å². The van der Waals surface area contributed by atoms with Crippen molar-refractivity contribution in [3.63, 3.8) is 0 Å². The Morgan fingerprint density at radius 1 is 1.23 bits per heavy atom. The number of carbonyl (C=O) groups excluding carboxylic acids is 1. The lowest BCUT2D eigenvalue weighted by atomic mass is 10.1. The molecule has 1 heterocycles. The quantitative estimate of drug-likeness (QED) is 0.845. The molecule has 0 aliphatic heterocycles. The number of H-pyrrole nitrogens is 1. The SMILES string of the molecule is CCC(CC)NC(=O)CCn1c(=O)[nH]c(=O)c2ccccc21. The summed E-state index contributed by atoms with van der Waals surface area (Å²) in [4.78, 5) is 38.0. The molecular formula is C16H21N3O3. The lowest BCUT2D eigenvalue weighted by Gasteiger charge is -2.15. The maximum Gasteiger partial charge on any atom is 0.328 e. The molecular weight excluding hydrogens is 282 g/mol. The van der Waals surface area contributed by atoms with Crippen molar-refractivity contribution in [3.05, 3.63) is 45.1 Å². The molecule has 1 aromatic carbocycles.